The number of rotatable bonds is 4. The van der Waals surface area contributed by atoms with E-state index in [0.717, 1.165) is 26.1 Å². The minimum Gasteiger partial charge on any atom is -0.372 e. The lowest BCUT2D eigenvalue weighted by Crippen LogP contribution is -2.43. The van der Waals surface area contributed by atoms with Crippen LogP contribution in [0, 0.1) is 0 Å². The van der Waals surface area contributed by atoms with Crippen LogP contribution in [-0.2, 0) is 4.74 Å². The standard InChI is InChI=1S/C9H16N4O/c10-12-11-4-1-5-13-6-8-2-3-9(7-13)14-8/h8-9H,1-7H2. The van der Waals surface area contributed by atoms with Crippen LogP contribution in [0.4, 0.5) is 0 Å². The van der Waals surface area contributed by atoms with E-state index in [-0.39, 0.29) is 0 Å². The summed E-state index contributed by atoms with van der Waals surface area (Å²) in [5, 5.41) is 3.53. The van der Waals surface area contributed by atoms with Gasteiger partial charge in [-0.25, -0.2) is 0 Å². The van der Waals surface area contributed by atoms with Crippen molar-refractivity contribution in [2.24, 2.45) is 5.11 Å². The van der Waals surface area contributed by atoms with Crippen LogP contribution in [0.25, 0.3) is 10.4 Å². The molecule has 78 valence electrons. The van der Waals surface area contributed by atoms with E-state index in [1.807, 2.05) is 0 Å². The summed E-state index contributed by atoms with van der Waals surface area (Å²) in [6, 6.07) is 0. The van der Waals surface area contributed by atoms with Crippen molar-refractivity contribution in [1.29, 1.82) is 0 Å². The molecule has 14 heavy (non-hydrogen) atoms. The van der Waals surface area contributed by atoms with E-state index in [1.165, 1.54) is 12.8 Å². The Morgan fingerprint density at radius 2 is 2.07 bits per heavy atom. The summed E-state index contributed by atoms with van der Waals surface area (Å²) >= 11 is 0. The largest absolute Gasteiger partial charge is 0.372 e. The molecule has 2 saturated heterocycles. The maximum atomic E-state index is 8.12. The van der Waals surface area contributed by atoms with Gasteiger partial charge in [-0.15, -0.1) is 0 Å². The molecule has 0 radical (unpaired) electrons. The zero-order chi connectivity index (χ0) is 9.80. The molecule has 0 aromatic heterocycles. The minimum atomic E-state index is 0.466. The summed E-state index contributed by atoms with van der Waals surface area (Å²) in [4.78, 5) is 5.17. The van der Waals surface area contributed by atoms with Gasteiger partial charge in [0.2, 0.25) is 0 Å². The molecule has 0 amide bonds. The Bertz CT molecular complexity index is 227. The third kappa shape index (κ3) is 2.38. The Balaban J connectivity index is 1.69. The van der Waals surface area contributed by atoms with Gasteiger partial charge in [-0.05, 0) is 31.3 Å². The molecule has 2 aliphatic heterocycles. The van der Waals surface area contributed by atoms with Gasteiger partial charge < -0.3 is 4.74 Å². The van der Waals surface area contributed by atoms with Gasteiger partial charge in [0.25, 0.3) is 0 Å². The van der Waals surface area contributed by atoms with Gasteiger partial charge in [-0.2, -0.15) is 0 Å². The molecular formula is C9H16N4O. The van der Waals surface area contributed by atoms with Crippen molar-refractivity contribution in [3.8, 4) is 0 Å². The molecule has 0 N–H and O–H groups in total. The Labute approximate surface area is 83.7 Å². The first-order valence-electron chi connectivity index (χ1n) is 5.27. The molecule has 2 atom stereocenters. The molecule has 2 heterocycles. The number of hydrogen-bond donors (Lipinski definition) is 0. The predicted octanol–water partition coefficient (Wildman–Crippen LogP) is 1.55. The highest BCUT2D eigenvalue weighted by Gasteiger charge is 2.32. The summed E-state index contributed by atoms with van der Waals surface area (Å²) in [7, 11) is 0. The van der Waals surface area contributed by atoms with Crippen LogP contribution in [0.1, 0.15) is 19.3 Å². The second-order valence-corrected chi connectivity index (χ2v) is 4.03. The van der Waals surface area contributed by atoms with Gasteiger partial charge in [0, 0.05) is 24.5 Å². The molecule has 0 aliphatic carbocycles. The highest BCUT2D eigenvalue weighted by atomic mass is 16.5. The molecule has 0 aromatic rings. The van der Waals surface area contributed by atoms with Crippen molar-refractivity contribution in [1.82, 2.24) is 4.90 Å². The van der Waals surface area contributed by atoms with E-state index in [2.05, 4.69) is 14.9 Å². The number of hydrogen-bond acceptors (Lipinski definition) is 3. The number of fused-ring (bicyclic) bond motifs is 2. The first-order chi connectivity index (χ1) is 6.88. The van der Waals surface area contributed by atoms with Crippen molar-refractivity contribution in [3.05, 3.63) is 10.4 Å². The van der Waals surface area contributed by atoms with Crippen LogP contribution >= 0.6 is 0 Å². The van der Waals surface area contributed by atoms with Crippen LogP contribution in [-0.4, -0.2) is 43.3 Å². The van der Waals surface area contributed by atoms with Gasteiger partial charge in [-0.1, -0.05) is 5.11 Å². The third-order valence-electron chi connectivity index (χ3n) is 2.91. The van der Waals surface area contributed by atoms with E-state index < -0.39 is 0 Å². The molecule has 2 bridgehead atoms. The molecule has 2 fully saturated rings. The topological polar surface area (TPSA) is 61.2 Å². The zero-order valence-corrected chi connectivity index (χ0v) is 8.30. The summed E-state index contributed by atoms with van der Waals surface area (Å²) in [6.45, 7) is 3.78. The molecule has 2 unspecified atom stereocenters. The van der Waals surface area contributed by atoms with Crippen molar-refractivity contribution in [3.63, 3.8) is 0 Å². The second kappa shape index (κ2) is 4.64. The first kappa shape index (κ1) is 9.77. The van der Waals surface area contributed by atoms with E-state index in [4.69, 9.17) is 10.3 Å². The lowest BCUT2D eigenvalue weighted by Gasteiger charge is -2.31. The highest BCUT2D eigenvalue weighted by Crippen LogP contribution is 2.25. The Hall–Kier alpha value is -0.770. The predicted molar refractivity (Wildman–Crippen MR) is 53.0 cm³/mol. The van der Waals surface area contributed by atoms with Crippen LogP contribution in [0.15, 0.2) is 5.11 Å². The molecule has 0 spiro atoms. The highest BCUT2D eigenvalue weighted by molar-refractivity contribution is 4.84. The molecule has 2 aliphatic rings. The second-order valence-electron chi connectivity index (χ2n) is 4.03. The molecule has 0 saturated carbocycles. The van der Waals surface area contributed by atoms with Gasteiger partial charge in [0.15, 0.2) is 0 Å². The average molecular weight is 196 g/mol. The Morgan fingerprint density at radius 1 is 1.36 bits per heavy atom. The number of morpholine rings is 1. The van der Waals surface area contributed by atoms with Crippen LogP contribution in [0.3, 0.4) is 0 Å². The molecule has 5 heteroatoms. The third-order valence-corrected chi connectivity index (χ3v) is 2.91. The van der Waals surface area contributed by atoms with Gasteiger partial charge in [-0.3, -0.25) is 4.90 Å². The minimum absolute atomic E-state index is 0.466. The summed E-state index contributed by atoms with van der Waals surface area (Å²) in [5.41, 5.74) is 8.12. The van der Waals surface area contributed by atoms with Crippen LogP contribution in [0.2, 0.25) is 0 Å². The van der Waals surface area contributed by atoms with Gasteiger partial charge >= 0.3 is 0 Å². The molecular weight excluding hydrogens is 180 g/mol. The Morgan fingerprint density at radius 3 is 2.71 bits per heavy atom. The summed E-state index contributed by atoms with van der Waals surface area (Å²) in [6.07, 6.45) is 4.33. The van der Waals surface area contributed by atoms with E-state index in [1.54, 1.807) is 0 Å². The number of likely N-dealkylation sites (tertiary alicyclic amines) is 1. The fraction of sp³-hybridized carbons (Fsp3) is 1.00. The molecule has 2 rings (SSSR count). The lowest BCUT2D eigenvalue weighted by atomic mass is 10.2. The number of ether oxygens (including phenoxy) is 1. The van der Waals surface area contributed by atoms with E-state index >= 15 is 0 Å². The fourth-order valence-corrected chi connectivity index (χ4v) is 2.29. The van der Waals surface area contributed by atoms with Crippen molar-refractivity contribution in [2.75, 3.05) is 26.2 Å². The fourth-order valence-electron chi connectivity index (χ4n) is 2.29. The van der Waals surface area contributed by atoms with Gasteiger partial charge in [0.1, 0.15) is 0 Å². The van der Waals surface area contributed by atoms with Crippen LogP contribution < -0.4 is 0 Å². The maximum Gasteiger partial charge on any atom is 0.0707 e. The van der Waals surface area contributed by atoms with Crippen molar-refractivity contribution < 1.29 is 4.74 Å². The molecule has 5 nitrogen and oxygen atoms in total. The summed E-state index contributed by atoms with van der Waals surface area (Å²) < 4.78 is 5.73. The SMILES string of the molecule is [N-]=[N+]=NCCCN1CC2CCC(C1)O2. The maximum absolute atomic E-state index is 8.12. The van der Waals surface area contributed by atoms with E-state index in [9.17, 15) is 0 Å². The Kier molecular flexibility index (Phi) is 3.24. The number of nitrogens with zero attached hydrogens (tertiary/aromatic N) is 4. The molecule has 0 aromatic carbocycles. The van der Waals surface area contributed by atoms with Crippen molar-refractivity contribution >= 4 is 0 Å². The monoisotopic (exact) mass is 196 g/mol. The zero-order valence-electron chi connectivity index (χ0n) is 8.30. The van der Waals surface area contributed by atoms with Gasteiger partial charge in [0.05, 0.1) is 12.2 Å². The van der Waals surface area contributed by atoms with Crippen molar-refractivity contribution in [2.45, 2.75) is 31.5 Å². The average Bonchev–Trinajstić information content (AvgIpc) is 2.53. The number of azide groups is 1. The lowest BCUT2D eigenvalue weighted by molar-refractivity contribution is -0.0382. The smallest absolute Gasteiger partial charge is 0.0707 e. The van der Waals surface area contributed by atoms with Crippen LogP contribution in [0.5, 0.6) is 0 Å². The summed E-state index contributed by atoms with van der Waals surface area (Å²) in [5.74, 6) is 0. The normalized spacial score (nSPS) is 31.4. The van der Waals surface area contributed by atoms with E-state index in [0.29, 0.717) is 18.8 Å². The quantitative estimate of drug-likeness (QED) is 0.296. The first-order valence-corrected chi connectivity index (χ1v) is 5.27.